The Morgan fingerprint density at radius 2 is 0.667 bits per heavy atom. The maximum Gasteiger partial charge on any atom is -0.0355 e. The Bertz CT molecular complexity index is 329. The molecule has 8 atom stereocenters. The van der Waals surface area contributed by atoms with Crippen molar-refractivity contribution in [3.05, 3.63) is 0 Å². The van der Waals surface area contributed by atoms with Crippen molar-refractivity contribution in [1.82, 2.24) is 0 Å². The summed E-state index contributed by atoms with van der Waals surface area (Å²) >= 11 is 0. The summed E-state index contributed by atoms with van der Waals surface area (Å²) < 4.78 is 0. The van der Waals surface area contributed by atoms with Crippen LogP contribution in [-0.2, 0) is 0 Å². The molecule has 0 aromatic carbocycles. The molecule has 6 aliphatic rings. The normalized spacial score (nSPS) is 44.0. The van der Waals surface area contributed by atoms with Crippen LogP contribution in [0.1, 0.15) is 125 Å². The Morgan fingerprint density at radius 1 is 0.444 bits per heavy atom. The van der Waals surface area contributed by atoms with Crippen molar-refractivity contribution < 1.29 is 0 Å². The minimum absolute atomic E-state index is 0. The van der Waals surface area contributed by atoms with Crippen molar-refractivity contribution in [3.63, 3.8) is 0 Å². The minimum atomic E-state index is 0. The summed E-state index contributed by atoms with van der Waals surface area (Å²) in [6.45, 7) is 8.50. The third-order valence-corrected chi connectivity index (χ3v) is 8.70. The van der Waals surface area contributed by atoms with Crippen LogP contribution < -0.4 is 0 Å². The third-order valence-electron chi connectivity index (χ3n) is 8.70. The van der Waals surface area contributed by atoms with E-state index in [0.717, 1.165) is 0 Å². The van der Waals surface area contributed by atoms with Gasteiger partial charge in [0.1, 0.15) is 0 Å². The standard InChI is InChI=1S/2C10H16.2C3H8.CH4/c2*1-2-9-7-4-5-8(6-7)10(9)3-1;2*1-3-2;/h2*7-10H,1-6H2;2*3H2,1-2H3;1H4. The van der Waals surface area contributed by atoms with Gasteiger partial charge in [0.2, 0.25) is 0 Å². The van der Waals surface area contributed by atoms with E-state index in [1.807, 2.05) is 0 Å². The Labute approximate surface area is 172 Å². The highest BCUT2D eigenvalue weighted by atomic mass is 14.5. The first-order chi connectivity index (χ1) is 12.7. The first-order valence-corrected chi connectivity index (χ1v) is 12.7. The lowest BCUT2D eigenvalue weighted by Gasteiger charge is -2.23. The van der Waals surface area contributed by atoms with Crippen LogP contribution in [0.25, 0.3) is 0 Å². The van der Waals surface area contributed by atoms with E-state index in [-0.39, 0.29) is 7.43 Å². The molecule has 0 aromatic heterocycles. The lowest BCUT2D eigenvalue weighted by atomic mass is 9.82. The predicted octanol–water partition coefficient (Wildman–Crippen LogP) is 9.13. The molecule has 8 unspecified atom stereocenters. The monoisotopic (exact) mass is 376 g/mol. The second-order valence-electron chi connectivity index (χ2n) is 10.6. The average molecular weight is 377 g/mol. The molecule has 6 saturated carbocycles. The van der Waals surface area contributed by atoms with Gasteiger partial charge in [-0.15, -0.1) is 0 Å². The largest absolute Gasteiger partial charge is 0.0776 e. The molecular formula is C27H52. The highest BCUT2D eigenvalue weighted by Crippen LogP contribution is 2.59. The van der Waals surface area contributed by atoms with Crippen LogP contribution in [0.15, 0.2) is 0 Å². The molecule has 0 spiro atoms. The molecule has 0 radical (unpaired) electrons. The van der Waals surface area contributed by atoms with Crippen LogP contribution in [0.4, 0.5) is 0 Å². The first-order valence-electron chi connectivity index (χ1n) is 12.7. The fourth-order valence-electron chi connectivity index (χ4n) is 8.04. The maximum atomic E-state index is 2.12. The van der Waals surface area contributed by atoms with E-state index in [9.17, 15) is 0 Å². The van der Waals surface area contributed by atoms with Gasteiger partial charge in [0.25, 0.3) is 0 Å². The number of rotatable bonds is 0. The van der Waals surface area contributed by atoms with Crippen LogP contribution in [0.5, 0.6) is 0 Å². The first kappa shape index (κ1) is 23.3. The van der Waals surface area contributed by atoms with Crippen LogP contribution in [-0.4, -0.2) is 0 Å². The van der Waals surface area contributed by atoms with Gasteiger partial charge in [-0.3, -0.25) is 0 Å². The highest BCUT2D eigenvalue weighted by molar-refractivity contribution is 4.99. The quantitative estimate of drug-likeness (QED) is 0.395. The summed E-state index contributed by atoms with van der Waals surface area (Å²) in [7, 11) is 0. The second kappa shape index (κ2) is 11.3. The highest BCUT2D eigenvalue weighted by Gasteiger charge is 2.49. The van der Waals surface area contributed by atoms with Crippen molar-refractivity contribution in [2.24, 2.45) is 47.3 Å². The fraction of sp³-hybridized carbons (Fsp3) is 1.00. The van der Waals surface area contributed by atoms with Crippen LogP contribution in [0, 0.1) is 47.3 Å². The summed E-state index contributed by atoms with van der Waals surface area (Å²) in [6.07, 6.45) is 21.6. The van der Waals surface area contributed by atoms with Gasteiger partial charge in [0.15, 0.2) is 0 Å². The molecule has 0 saturated heterocycles. The zero-order valence-electron chi connectivity index (χ0n) is 18.5. The molecule has 0 aromatic rings. The summed E-state index contributed by atoms with van der Waals surface area (Å²) in [5.41, 5.74) is 0. The van der Waals surface area contributed by atoms with Crippen LogP contribution in [0.2, 0.25) is 0 Å². The second-order valence-corrected chi connectivity index (χ2v) is 10.6. The molecule has 27 heavy (non-hydrogen) atoms. The Morgan fingerprint density at radius 3 is 0.889 bits per heavy atom. The Balaban J connectivity index is 0.000000147. The molecule has 6 aliphatic carbocycles. The molecule has 0 heteroatoms. The topological polar surface area (TPSA) is 0 Å². The fourth-order valence-corrected chi connectivity index (χ4v) is 8.04. The summed E-state index contributed by atoms with van der Waals surface area (Å²) in [4.78, 5) is 0. The number of hydrogen-bond acceptors (Lipinski definition) is 0. The predicted molar refractivity (Wildman–Crippen MR) is 122 cm³/mol. The van der Waals surface area contributed by atoms with E-state index in [1.165, 1.54) is 60.2 Å². The van der Waals surface area contributed by atoms with E-state index >= 15 is 0 Å². The third kappa shape index (κ3) is 5.14. The summed E-state index contributed by atoms with van der Waals surface area (Å²) in [5, 5.41) is 0. The molecule has 0 N–H and O–H groups in total. The van der Waals surface area contributed by atoms with Gasteiger partial charge in [0.05, 0.1) is 0 Å². The molecule has 4 bridgehead atoms. The van der Waals surface area contributed by atoms with Gasteiger partial charge < -0.3 is 0 Å². The number of fused-ring (bicyclic) bond motifs is 10. The van der Waals surface area contributed by atoms with E-state index in [0.29, 0.717) is 0 Å². The molecule has 0 heterocycles. The van der Waals surface area contributed by atoms with Crippen molar-refractivity contribution in [1.29, 1.82) is 0 Å². The molecular weight excluding hydrogens is 324 g/mol. The van der Waals surface area contributed by atoms with Gasteiger partial charge in [-0.25, -0.2) is 0 Å². The zero-order chi connectivity index (χ0) is 18.5. The molecule has 6 fully saturated rings. The SMILES string of the molecule is C.C1CC2C3CCC(C3)C2C1.C1CC2C3CCC(C3)C2C1.CCC.CCC. The smallest absolute Gasteiger partial charge is 0.0355 e. The summed E-state index contributed by atoms with van der Waals surface area (Å²) in [6, 6.07) is 0. The van der Waals surface area contributed by atoms with Crippen molar-refractivity contribution >= 4 is 0 Å². The van der Waals surface area contributed by atoms with Crippen molar-refractivity contribution in [2.75, 3.05) is 0 Å². The molecule has 0 amide bonds. The Hall–Kier alpha value is 0. The lowest BCUT2D eigenvalue weighted by molar-refractivity contribution is 0.259. The molecule has 0 aliphatic heterocycles. The van der Waals surface area contributed by atoms with Crippen LogP contribution in [0.3, 0.4) is 0 Å². The zero-order valence-corrected chi connectivity index (χ0v) is 18.5. The lowest BCUT2D eigenvalue weighted by Crippen LogP contribution is -2.15. The average Bonchev–Trinajstić information content (AvgIpc) is 3.48. The van der Waals surface area contributed by atoms with Gasteiger partial charge in [-0.2, -0.15) is 0 Å². The Kier molecular flexibility index (Phi) is 9.70. The van der Waals surface area contributed by atoms with Gasteiger partial charge >= 0.3 is 0 Å². The molecule has 6 rings (SSSR count). The van der Waals surface area contributed by atoms with Gasteiger partial charge in [-0.05, 0) is 112 Å². The van der Waals surface area contributed by atoms with Crippen molar-refractivity contribution in [3.8, 4) is 0 Å². The summed E-state index contributed by atoms with van der Waals surface area (Å²) in [5.74, 6) is 9.60. The maximum absolute atomic E-state index is 2.12. The molecule has 0 nitrogen and oxygen atoms in total. The van der Waals surface area contributed by atoms with Crippen molar-refractivity contribution in [2.45, 2.75) is 125 Å². The van der Waals surface area contributed by atoms with E-state index < -0.39 is 0 Å². The molecule has 160 valence electrons. The van der Waals surface area contributed by atoms with Gasteiger partial charge in [-0.1, -0.05) is 60.8 Å². The van der Waals surface area contributed by atoms with E-state index in [1.54, 1.807) is 77.0 Å². The van der Waals surface area contributed by atoms with Gasteiger partial charge in [0, 0.05) is 0 Å². The minimum Gasteiger partial charge on any atom is -0.0776 e. The van der Waals surface area contributed by atoms with Crippen LogP contribution >= 0.6 is 0 Å². The number of hydrogen-bond donors (Lipinski definition) is 0. The van der Waals surface area contributed by atoms with E-state index in [4.69, 9.17) is 0 Å². The van der Waals surface area contributed by atoms with E-state index in [2.05, 4.69) is 27.7 Å².